The van der Waals surface area contributed by atoms with Crippen LogP contribution in [-0.4, -0.2) is 17.0 Å². The Kier molecular flexibility index (Phi) is 3.48. The monoisotopic (exact) mass is 335 g/mol. The smallest absolute Gasteiger partial charge is 0.164 e. The van der Waals surface area contributed by atoms with Crippen molar-refractivity contribution in [3.05, 3.63) is 47.4 Å². The number of nitrogens with two attached hydrogens (primary N) is 1. The van der Waals surface area contributed by atoms with Crippen LogP contribution in [0, 0.1) is 22.7 Å². The molecular weight excluding hydrogens is 314 g/mol. The number of carbonyl (C=O) groups excluding carboxylic acids is 1. The van der Waals surface area contributed by atoms with E-state index in [1.54, 1.807) is 0 Å². The van der Waals surface area contributed by atoms with E-state index in [1.165, 1.54) is 0 Å². The van der Waals surface area contributed by atoms with Gasteiger partial charge >= 0.3 is 0 Å². The molecule has 1 aliphatic heterocycles. The fourth-order valence-corrected chi connectivity index (χ4v) is 4.18. The van der Waals surface area contributed by atoms with E-state index in [9.17, 15) is 10.1 Å². The van der Waals surface area contributed by atoms with Gasteiger partial charge in [-0.05, 0) is 17.0 Å². The second-order valence-electron chi connectivity index (χ2n) is 7.78. The number of fused-ring (bicyclic) bond motifs is 1. The van der Waals surface area contributed by atoms with Crippen molar-refractivity contribution in [1.29, 1.82) is 5.26 Å². The van der Waals surface area contributed by atoms with Crippen LogP contribution in [0.2, 0.25) is 0 Å². The van der Waals surface area contributed by atoms with E-state index in [2.05, 4.69) is 24.9 Å². The maximum Gasteiger partial charge on any atom is 0.164 e. The summed E-state index contributed by atoms with van der Waals surface area (Å²) in [6.45, 7) is 4.11. The number of benzene rings is 1. The number of nitrogens with one attached hydrogen (secondary N) is 1. The van der Waals surface area contributed by atoms with Crippen molar-refractivity contribution < 1.29 is 9.53 Å². The first-order valence-electron chi connectivity index (χ1n) is 8.55. The average Bonchev–Trinajstić information content (AvgIpc) is 2.96. The Hall–Kier alpha value is -2.58. The SMILES string of the molecule is CC1(C)CC(=O)C2=C(C1)OC(N)C(C#N)C2c1c[nH]c2ccccc12. The number of aromatic nitrogens is 1. The number of H-pyrrole nitrogens is 1. The first-order chi connectivity index (χ1) is 11.9. The van der Waals surface area contributed by atoms with E-state index in [-0.39, 0.29) is 17.1 Å². The minimum Gasteiger partial charge on any atom is -0.478 e. The van der Waals surface area contributed by atoms with Gasteiger partial charge in [0.25, 0.3) is 0 Å². The predicted molar refractivity (Wildman–Crippen MR) is 94.3 cm³/mol. The van der Waals surface area contributed by atoms with E-state index in [0.29, 0.717) is 24.2 Å². The molecule has 1 aliphatic carbocycles. The van der Waals surface area contributed by atoms with Crippen LogP contribution >= 0.6 is 0 Å². The van der Waals surface area contributed by atoms with E-state index < -0.39 is 12.1 Å². The molecule has 0 saturated heterocycles. The van der Waals surface area contributed by atoms with Gasteiger partial charge in [-0.25, -0.2) is 0 Å². The number of aromatic amines is 1. The van der Waals surface area contributed by atoms with Crippen LogP contribution in [0.25, 0.3) is 10.9 Å². The Morgan fingerprint density at radius 3 is 2.84 bits per heavy atom. The van der Waals surface area contributed by atoms with Crippen LogP contribution in [0.4, 0.5) is 0 Å². The summed E-state index contributed by atoms with van der Waals surface area (Å²) in [5.41, 5.74) is 8.59. The van der Waals surface area contributed by atoms with E-state index in [4.69, 9.17) is 10.5 Å². The summed E-state index contributed by atoms with van der Waals surface area (Å²) in [6, 6.07) is 10.2. The van der Waals surface area contributed by atoms with Gasteiger partial charge < -0.3 is 9.72 Å². The summed E-state index contributed by atoms with van der Waals surface area (Å²) in [4.78, 5) is 16.2. The second kappa shape index (κ2) is 5.47. The molecule has 2 aromatic rings. The van der Waals surface area contributed by atoms with Crippen molar-refractivity contribution in [1.82, 2.24) is 4.98 Å². The maximum atomic E-state index is 13.0. The Labute approximate surface area is 146 Å². The first kappa shape index (κ1) is 15.9. The number of carbonyl (C=O) groups is 1. The van der Waals surface area contributed by atoms with Gasteiger partial charge in [0.1, 0.15) is 11.7 Å². The zero-order chi connectivity index (χ0) is 17.8. The molecule has 4 rings (SSSR count). The quantitative estimate of drug-likeness (QED) is 0.836. The zero-order valence-corrected chi connectivity index (χ0v) is 14.4. The predicted octanol–water partition coefficient (Wildman–Crippen LogP) is 3.35. The lowest BCUT2D eigenvalue weighted by Gasteiger charge is -2.41. The fraction of sp³-hybridized carbons (Fsp3) is 0.400. The molecule has 128 valence electrons. The second-order valence-corrected chi connectivity index (χ2v) is 7.78. The molecule has 1 aromatic heterocycles. The summed E-state index contributed by atoms with van der Waals surface area (Å²) >= 11 is 0. The number of ether oxygens (including phenoxy) is 1. The van der Waals surface area contributed by atoms with Gasteiger partial charge in [-0.15, -0.1) is 0 Å². The lowest BCUT2D eigenvalue weighted by Crippen LogP contribution is -2.44. The fourth-order valence-electron chi connectivity index (χ4n) is 4.18. The molecule has 0 radical (unpaired) electrons. The molecule has 0 bridgehead atoms. The number of hydrogen-bond donors (Lipinski definition) is 2. The molecule has 0 saturated carbocycles. The number of nitrogens with zero attached hydrogens (tertiary/aromatic N) is 1. The average molecular weight is 335 g/mol. The van der Waals surface area contributed by atoms with Crippen molar-refractivity contribution in [3.8, 4) is 6.07 Å². The highest BCUT2D eigenvalue weighted by Gasteiger charge is 2.47. The van der Waals surface area contributed by atoms with Crippen LogP contribution in [0.15, 0.2) is 41.8 Å². The molecule has 3 atom stereocenters. The van der Waals surface area contributed by atoms with Gasteiger partial charge in [0.2, 0.25) is 0 Å². The van der Waals surface area contributed by atoms with Crippen molar-refractivity contribution >= 4 is 16.7 Å². The third kappa shape index (κ3) is 2.45. The van der Waals surface area contributed by atoms with Crippen molar-refractivity contribution in [3.63, 3.8) is 0 Å². The van der Waals surface area contributed by atoms with Crippen LogP contribution < -0.4 is 5.73 Å². The molecule has 3 N–H and O–H groups in total. The summed E-state index contributed by atoms with van der Waals surface area (Å²) in [5, 5.41) is 10.7. The molecule has 0 fully saturated rings. The van der Waals surface area contributed by atoms with Gasteiger partial charge in [-0.3, -0.25) is 10.5 Å². The third-order valence-electron chi connectivity index (χ3n) is 5.29. The summed E-state index contributed by atoms with van der Waals surface area (Å²) in [5.74, 6) is -0.226. The lowest BCUT2D eigenvalue weighted by molar-refractivity contribution is -0.120. The number of hydrogen-bond acceptors (Lipinski definition) is 4. The zero-order valence-electron chi connectivity index (χ0n) is 14.4. The topological polar surface area (TPSA) is 91.9 Å². The van der Waals surface area contributed by atoms with Crippen LogP contribution in [-0.2, 0) is 9.53 Å². The number of ketones is 1. The number of rotatable bonds is 1. The van der Waals surface area contributed by atoms with Crippen LogP contribution in [0.3, 0.4) is 0 Å². The molecule has 25 heavy (non-hydrogen) atoms. The summed E-state index contributed by atoms with van der Waals surface area (Å²) in [7, 11) is 0. The molecule has 3 unspecified atom stereocenters. The molecule has 5 nitrogen and oxygen atoms in total. The molecule has 5 heteroatoms. The Morgan fingerprint density at radius 1 is 1.32 bits per heavy atom. The Bertz CT molecular complexity index is 932. The van der Waals surface area contributed by atoms with E-state index in [0.717, 1.165) is 16.5 Å². The maximum absolute atomic E-state index is 13.0. The van der Waals surface area contributed by atoms with Gasteiger partial charge in [0, 0.05) is 41.4 Å². The van der Waals surface area contributed by atoms with Crippen molar-refractivity contribution in [2.24, 2.45) is 17.1 Å². The van der Waals surface area contributed by atoms with Crippen LogP contribution in [0.1, 0.15) is 38.2 Å². The minimum atomic E-state index is -0.732. The molecular formula is C20H21N3O2. The summed E-state index contributed by atoms with van der Waals surface area (Å²) in [6.07, 6.45) is 2.29. The number of nitriles is 1. The van der Waals surface area contributed by atoms with Gasteiger partial charge in [-0.2, -0.15) is 5.26 Å². The Balaban J connectivity index is 1.93. The van der Waals surface area contributed by atoms with Crippen molar-refractivity contribution in [2.45, 2.75) is 38.8 Å². The van der Waals surface area contributed by atoms with E-state index in [1.807, 2.05) is 30.5 Å². The summed E-state index contributed by atoms with van der Waals surface area (Å²) < 4.78 is 5.84. The number of Topliss-reactive ketones (excluding diaryl/α,β-unsaturated/α-hetero) is 1. The first-order valence-corrected chi connectivity index (χ1v) is 8.55. The van der Waals surface area contributed by atoms with Crippen LogP contribution in [0.5, 0.6) is 0 Å². The highest BCUT2D eigenvalue weighted by molar-refractivity contribution is 6.00. The number of para-hydroxylation sites is 1. The lowest BCUT2D eigenvalue weighted by atomic mass is 9.68. The normalized spacial score (nSPS) is 28.4. The molecule has 0 amide bonds. The van der Waals surface area contributed by atoms with Gasteiger partial charge in [-0.1, -0.05) is 32.0 Å². The molecule has 2 aliphatic rings. The third-order valence-corrected chi connectivity index (χ3v) is 5.29. The van der Waals surface area contributed by atoms with Gasteiger partial charge in [0.15, 0.2) is 12.0 Å². The molecule has 2 heterocycles. The van der Waals surface area contributed by atoms with Gasteiger partial charge in [0.05, 0.1) is 6.07 Å². The molecule has 0 spiro atoms. The van der Waals surface area contributed by atoms with E-state index >= 15 is 0 Å². The standard InChI is InChI=1S/C20H21N3O2/c1-20(2)7-15(24)18-16(8-20)25-19(22)12(9-21)17(18)13-10-23-14-6-4-3-5-11(13)14/h3-6,10,12,17,19,23H,7-8,22H2,1-2H3. The highest BCUT2D eigenvalue weighted by Crippen LogP contribution is 2.49. The number of allylic oxidation sites excluding steroid dienone is 2. The molecule has 1 aromatic carbocycles. The Morgan fingerprint density at radius 2 is 2.08 bits per heavy atom. The minimum absolute atomic E-state index is 0.0636. The van der Waals surface area contributed by atoms with Crippen molar-refractivity contribution in [2.75, 3.05) is 0 Å². The highest BCUT2D eigenvalue weighted by atomic mass is 16.5. The largest absolute Gasteiger partial charge is 0.478 e.